The van der Waals surface area contributed by atoms with Crippen molar-refractivity contribution in [2.45, 2.75) is 25.8 Å². The van der Waals surface area contributed by atoms with Crippen molar-refractivity contribution in [1.29, 1.82) is 0 Å². The Morgan fingerprint density at radius 2 is 1.88 bits per heavy atom. The summed E-state index contributed by atoms with van der Waals surface area (Å²) in [7, 11) is 0. The highest BCUT2D eigenvalue weighted by atomic mass is 16.7. The summed E-state index contributed by atoms with van der Waals surface area (Å²) in [6, 6.07) is 5.70. The Labute approximate surface area is 147 Å². The lowest BCUT2D eigenvalue weighted by molar-refractivity contribution is 0.0663. The van der Waals surface area contributed by atoms with E-state index in [-0.39, 0.29) is 24.8 Å². The fraction of sp³-hybridized carbons (Fsp3) is 0.556. The fourth-order valence-electron chi connectivity index (χ4n) is 3.83. The molecule has 0 aliphatic carbocycles. The number of hydrogen-bond acceptors (Lipinski definition) is 4. The van der Waals surface area contributed by atoms with E-state index in [2.05, 4.69) is 0 Å². The molecule has 4 rings (SSSR count). The lowest BCUT2D eigenvalue weighted by Gasteiger charge is -2.36. The van der Waals surface area contributed by atoms with Gasteiger partial charge in [0.05, 0.1) is 0 Å². The average molecular weight is 345 g/mol. The van der Waals surface area contributed by atoms with Crippen LogP contribution in [-0.2, 0) is 0 Å². The van der Waals surface area contributed by atoms with Gasteiger partial charge in [-0.3, -0.25) is 4.79 Å². The lowest BCUT2D eigenvalue weighted by Crippen LogP contribution is -2.48. The van der Waals surface area contributed by atoms with Crippen LogP contribution >= 0.6 is 0 Å². The number of nitrogens with zero attached hydrogens (tertiary/aromatic N) is 3. The number of carbonyl (C=O) groups excluding carboxylic acids is 2. The molecule has 0 unspecified atom stereocenters. The molecule has 0 aromatic heterocycles. The van der Waals surface area contributed by atoms with Crippen LogP contribution in [0.4, 0.5) is 4.79 Å². The zero-order valence-corrected chi connectivity index (χ0v) is 14.4. The molecule has 3 heterocycles. The summed E-state index contributed by atoms with van der Waals surface area (Å²) in [6.45, 7) is 5.93. The van der Waals surface area contributed by atoms with Gasteiger partial charge >= 0.3 is 6.03 Å². The second kappa shape index (κ2) is 6.46. The summed E-state index contributed by atoms with van der Waals surface area (Å²) < 4.78 is 10.6. The van der Waals surface area contributed by atoms with E-state index in [0.717, 1.165) is 32.5 Å². The second-order valence-electron chi connectivity index (χ2n) is 6.65. The van der Waals surface area contributed by atoms with Gasteiger partial charge in [0.15, 0.2) is 11.5 Å². The molecule has 7 nitrogen and oxygen atoms in total. The first-order valence-electron chi connectivity index (χ1n) is 8.92. The summed E-state index contributed by atoms with van der Waals surface area (Å²) >= 11 is 0. The van der Waals surface area contributed by atoms with Crippen molar-refractivity contribution in [2.75, 3.05) is 39.5 Å². The van der Waals surface area contributed by atoms with Gasteiger partial charge in [-0.1, -0.05) is 0 Å². The number of benzene rings is 1. The van der Waals surface area contributed by atoms with E-state index in [1.165, 1.54) is 0 Å². The van der Waals surface area contributed by atoms with Gasteiger partial charge in [-0.05, 0) is 38.0 Å². The van der Waals surface area contributed by atoms with Crippen molar-refractivity contribution in [1.82, 2.24) is 14.7 Å². The minimum atomic E-state index is 0.0136. The molecule has 7 heteroatoms. The molecule has 0 saturated carbocycles. The van der Waals surface area contributed by atoms with Crippen LogP contribution in [-0.4, -0.2) is 72.2 Å². The van der Waals surface area contributed by atoms with Crippen LogP contribution in [0, 0.1) is 0 Å². The van der Waals surface area contributed by atoms with Gasteiger partial charge in [0.1, 0.15) is 0 Å². The van der Waals surface area contributed by atoms with E-state index in [9.17, 15) is 9.59 Å². The van der Waals surface area contributed by atoms with Crippen molar-refractivity contribution < 1.29 is 19.1 Å². The van der Waals surface area contributed by atoms with Gasteiger partial charge in [-0.15, -0.1) is 0 Å². The van der Waals surface area contributed by atoms with E-state index in [0.29, 0.717) is 30.2 Å². The van der Waals surface area contributed by atoms with Crippen LogP contribution in [0.2, 0.25) is 0 Å². The van der Waals surface area contributed by atoms with Crippen LogP contribution in [0.25, 0.3) is 0 Å². The average Bonchev–Trinajstić information content (AvgIpc) is 3.26. The van der Waals surface area contributed by atoms with Crippen LogP contribution in [0.1, 0.15) is 30.1 Å². The molecule has 0 spiro atoms. The third-order valence-corrected chi connectivity index (χ3v) is 5.32. The summed E-state index contributed by atoms with van der Waals surface area (Å²) in [5.74, 6) is 1.33. The van der Waals surface area contributed by atoms with Gasteiger partial charge in [-0.25, -0.2) is 4.79 Å². The number of likely N-dealkylation sites (N-methyl/N-ethyl adjacent to an activating group) is 1. The first-order chi connectivity index (χ1) is 12.2. The van der Waals surface area contributed by atoms with Crippen LogP contribution in [0.5, 0.6) is 11.5 Å². The zero-order chi connectivity index (χ0) is 17.4. The Hall–Kier alpha value is -2.44. The number of amides is 3. The number of hydrogen-bond donors (Lipinski definition) is 0. The third-order valence-electron chi connectivity index (χ3n) is 5.32. The monoisotopic (exact) mass is 345 g/mol. The van der Waals surface area contributed by atoms with Gasteiger partial charge in [0.2, 0.25) is 6.79 Å². The van der Waals surface area contributed by atoms with Crippen molar-refractivity contribution in [3.63, 3.8) is 0 Å². The number of rotatable bonds is 3. The first kappa shape index (κ1) is 16.1. The smallest absolute Gasteiger partial charge is 0.320 e. The van der Waals surface area contributed by atoms with Crippen molar-refractivity contribution in [2.24, 2.45) is 0 Å². The fourth-order valence-corrected chi connectivity index (χ4v) is 3.83. The maximum atomic E-state index is 12.7. The third kappa shape index (κ3) is 2.88. The maximum Gasteiger partial charge on any atom is 0.320 e. The normalized spacial score (nSPS) is 20.5. The second-order valence-corrected chi connectivity index (χ2v) is 6.65. The number of carbonyl (C=O) groups is 2. The van der Waals surface area contributed by atoms with Crippen LogP contribution < -0.4 is 9.47 Å². The Morgan fingerprint density at radius 3 is 2.60 bits per heavy atom. The summed E-state index contributed by atoms with van der Waals surface area (Å²) in [4.78, 5) is 30.8. The zero-order valence-electron chi connectivity index (χ0n) is 14.4. The molecule has 2 saturated heterocycles. The molecule has 0 radical (unpaired) electrons. The van der Waals surface area contributed by atoms with Gasteiger partial charge < -0.3 is 24.2 Å². The first-order valence-corrected chi connectivity index (χ1v) is 8.92. The minimum absolute atomic E-state index is 0.0136. The summed E-state index contributed by atoms with van der Waals surface area (Å²) in [5, 5.41) is 0. The molecule has 3 aliphatic rings. The predicted octanol–water partition coefficient (Wildman–Crippen LogP) is 1.78. The SMILES string of the molecule is CCN1CCN(C2CCN(C(=O)c3ccc4c(c3)OCO4)CC2)C1=O. The van der Waals surface area contributed by atoms with Gasteiger partial charge in [0.25, 0.3) is 5.91 Å². The predicted molar refractivity (Wildman–Crippen MR) is 90.8 cm³/mol. The quantitative estimate of drug-likeness (QED) is 0.838. The summed E-state index contributed by atoms with van der Waals surface area (Å²) in [6.07, 6.45) is 1.67. The topological polar surface area (TPSA) is 62.3 Å². The highest BCUT2D eigenvalue weighted by molar-refractivity contribution is 5.95. The number of ether oxygens (including phenoxy) is 2. The largest absolute Gasteiger partial charge is 0.454 e. The molecule has 3 aliphatic heterocycles. The molecule has 2 fully saturated rings. The van der Waals surface area contributed by atoms with Crippen molar-refractivity contribution in [3.05, 3.63) is 23.8 Å². The highest BCUT2D eigenvalue weighted by Gasteiger charge is 2.35. The van der Waals surface area contributed by atoms with Crippen LogP contribution in [0.15, 0.2) is 18.2 Å². The van der Waals surface area contributed by atoms with Crippen molar-refractivity contribution >= 4 is 11.9 Å². The Bertz CT molecular complexity index is 685. The molecule has 0 bridgehead atoms. The molecule has 1 aromatic carbocycles. The van der Waals surface area contributed by atoms with Gasteiger partial charge in [0, 0.05) is 44.3 Å². The van der Waals surface area contributed by atoms with E-state index in [1.807, 2.05) is 21.6 Å². The number of urea groups is 1. The maximum absolute atomic E-state index is 12.7. The Morgan fingerprint density at radius 1 is 1.12 bits per heavy atom. The van der Waals surface area contributed by atoms with E-state index in [4.69, 9.17) is 9.47 Å². The van der Waals surface area contributed by atoms with Crippen molar-refractivity contribution in [3.8, 4) is 11.5 Å². The lowest BCUT2D eigenvalue weighted by atomic mass is 10.0. The van der Waals surface area contributed by atoms with E-state index in [1.54, 1.807) is 18.2 Å². The van der Waals surface area contributed by atoms with E-state index >= 15 is 0 Å². The standard InChI is InChI=1S/C18H23N3O4/c1-2-19-9-10-21(18(19)23)14-5-7-20(8-6-14)17(22)13-3-4-15-16(11-13)25-12-24-15/h3-4,11,14H,2,5-10,12H2,1H3. The van der Waals surface area contributed by atoms with E-state index < -0.39 is 0 Å². The molecule has 25 heavy (non-hydrogen) atoms. The number of likely N-dealkylation sites (tertiary alicyclic amines) is 1. The highest BCUT2D eigenvalue weighted by Crippen LogP contribution is 2.33. The molecule has 0 N–H and O–H groups in total. The molecule has 0 atom stereocenters. The molecule has 134 valence electrons. The molecular formula is C18H23N3O4. The summed E-state index contributed by atoms with van der Waals surface area (Å²) in [5.41, 5.74) is 0.622. The van der Waals surface area contributed by atoms with Crippen LogP contribution in [0.3, 0.4) is 0 Å². The molecule has 3 amide bonds. The number of fused-ring (bicyclic) bond motifs is 1. The van der Waals surface area contributed by atoms with Gasteiger partial charge in [-0.2, -0.15) is 0 Å². The Balaban J connectivity index is 1.37. The number of piperidine rings is 1. The molecule has 1 aromatic rings. The minimum Gasteiger partial charge on any atom is -0.454 e. The molecular weight excluding hydrogens is 322 g/mol. The Kier molecular flexibility index (Phi) is 4.15.